The lowest BCUT2D eigenvalue weighted by Crippen LogP contribution is -2.38. The summed E-state index contributed by atoms with van der Waals surface area (Å²) < 4.78 is 0. The smallest absolute Gasteiger partial charge is 0.190 e. The van der Waals surface area contributed by atoms with Gasteiger partial charge in [0.05, 0.1) is 11.8 Å². The van der Waals surface area contributed by atoms with E-state index in [1.165, 1.54) is 21.7 Å². The van der Waals surface area contributed by atoms with Crippen LogP contribution < -0.4 is 5.32 Å². The molecule has 0 fully saturated rings. The lowest BCUT2D eigenvalue weighted by Gasteiger charge is -2.29. The molecule has 2 atom stereocenters. The SMILES string of the molecule is CCNC(=S)N1N=C2c3ccccc3CCC2C1c1cccs1. The maximum absolute atomic E-state index is 5.60. The maximum Gasteiger partial charge on any atom is 0.190 e. The summed E-state index contributed by atoms with van der Waals surface area (Å²) >= 11 is 7.39. The van der Waals surface area contributed by atoms with Crippen LogP contribution in [-0.4, -0.2) is 22.4 Å². The number of hydrogen-bond acceptors (Lipinski definition) is 3. The van der Waals surface area contributed by atoms with Crippen LogP contribution in [0.2, 0.25) is 0 Å². The van der Waals surface area contributed by atoms with Gasteiger partial charge >= 0.3 is 0 Å². The third kappa shape index (κ3) is 2.48. The van der Waals surface area contributed by atoms with Crippen molar-refractivity contribution in [2.75, 3.05) is 6.54 Å². The number of nitrogens with zero attached hydrogens (tertiary/aromatic N) is 2. The van der Waals surface area contributed by atoms with Crippen molar-refractivity contribution in [2.24, 2.45) is 11.0 Å². The van der Waals surface area contributed by atoms with E-state index in [4.69, 9.17) is 17.3 Å². The Bertz CT molecular complexity index is 751. The summed E-state index contributed by atoms with van der Waals surface area (Å²) in [5.41, 5.74) is 3.90. The van der Waals surface area contributed by atoms with Crippen molar-refractivity contribution in [2.45, 2.75) is 25.8 Å². The zero-order valence-electron chi connectivity index (χ0n) is 13.0. The second-order valence-corrected chi connectivity index (χ2v) is 7.29. The van der Waals surface area contributed by atoms with Gasteiger partial charge in [0.1, 0.15) is 0 Å². The third-order valence-corrected chi connectivity index (χ3v) is 5.87. The molecule has 1 aromatic heterocycles. The van der Waals surface area contributed by atoms with Crippen molar-refractivity contribution < 1.29 is 0 Å². The molecule has 3 nitrogen and oxygen atoms in total. The molecule has 0 radical (unpaired) electrons. The minimum Gasteiger partial charge on any atom is -0.361 e. The molecule has 0 saturated heterocycles. The van der Waals surface area contributed by atoms with E-state index in [2.05, 4.69) is 54.0 Å². The summed E-state index contributed by atoms with van der Waals surface area (Å²) in [6.45, 7) is 2.89. The highest BCUT2D eigenvalue weighted by Crippen LogP contribution is 2.44. The normalized spacial score (nSPS) is 22.3. The highest BCUT2D eigenvalue weighted by molar-refractivity contribution is 7.80. The number of rotatable bonds is 2. The Labute approximate surface area is 146 Å². The van der Waals surface area contributed by atoms with Gasteiger partial charge in [0.15, 0.2) is 5.11 Å². The second kappa shape index (κ2) is 6.06. The summed E-state index contributed by atoms with van der Waals surface area (Å²) in [4.78, 5) is 1.34. The highest BCUT2D eigenvalue weighted by atomic mass is 32.1. The molecule has 2 unspecified atom stereocenters. The fourth-order valence-electron chi connectivity index (χ4n) is 3.60. The molecular weight excluding hydrogens is 322 g/mol. The zero-order valence-corrected chi connectivity index (χ0v) is 14.7. The van der Waals surface area contributed by atoms with Crippen molar-refractivity contribution in [1.82, 2.24) is 10.3 Å². The van der Waals surface area contributed by atoms with Crippen molar-refractivity contribution in [3.63, 3.8) is 0 Å². The molecule has 4 rings (SSSR count). The van der Waals surface area contributed by atoms with Crippen molar-refractivity contribution in [3.05, 3.63) is 57.8 Å². The van der Waals surface area contributed by atoms with Crippen LogP contribution in [0, 0.1) is 5.92 Å². The molecule has 23 heavy (non-hydrogen) atoms. The Kier molecular flexibility index (Phi) is 3.91. The van der Waals surface area contributed by atoms with E-state index in [-0.39, 0.29) is 6.04 Å². The first-order chi connectivity index (χ1) is 11.3. The van der Waals surface area contributed by atoms with Crippen molar-refractivity contribution in [3.8, 4) is 0 Å². The topological polar surface area (TPSA) is 27.6 Å². The standard InChI is InChI=1S/C18H19N3S2/c1-2-19-18(22)21-17(15-8-5-11-23-15)14-10-9-12-6-3-4-7-13(12)16(14)20-21/h3-8,11,14,17H,2,9-10H2,1H3,(H,19,22). The van der Waals surface area contributed by atoms with Gasteiger partial charge in [-0.3, -0.25) is 0 Å². The van der Waals surface area contributed by atoms with Crippen LogP contribution in [0.5, 0.6) is 0 Å². The van der Waals surface area contributed by atoms with Crippen LogP contribution in [0.15, 0.2) is 46.9 Å². The van der Waals surface area contributed by atoms with Gasteiger partial charge in [-0.15, -0.1) is 11.3 Å². The summed E-state index contributed by atoms with van der Waals surface area (Å²) in [7, 11) is 0. The molecule has 1 aliphatic carbocycles. The van der Waals surface area contributed by atoms with E-state index in [1.807, 2.05) is 5.01 Å². The molecule has 0 amide bonds. The largest absolute Gasteiger partial charge is 0.361 e. The quantitative estimate of drug-likeness (QED) is 0.838. The third-order valence-electron chi connectivity index (χ3n) is 4.60. The molecule has 0 bridgehead atoms. The van der Waals surface area contributed by atoms with E-state index < -0.39 is 0 Å². The number of thiocarbonyl (C=S) groups is 1. The average molecular weight is 342 g/mol. The molecule has 5 heteroatoms. The van der Waals surface area contributed by atoms with E-state index in [0.29, 0.717) is 5.92 Å². The Hall–Kier alpha value is -1.72. The van der Waals surface area contributed by atoms with Gasteiger partial charge in [-0.2, -0.15) is 5.10 Å². The number of thiophene rings is 1. The minimum absolute atomic E-state index is 0.227. The van der Waals surface area contributed by atoms with Crippen LogP contribution in [0.1, 0.15) is 35.4 Å². The number of hydrazone groups is 1. The predicted octanol–water partition coefficient (Wildman–Crippen LogP) is 3.97. The first-order valence-corrected chi connectivity index (χ1v) is 9.35. The van der Waals surface area contributed by atoms with Crippen LogP contribution in [0.25, 0.3) is 0 Å². The Morgan fingerprint density at radius 1 is 1.35 bits per heavy atom. The Morgan fingerprint density at radius 2 is 2.22 bits per heavy atom. The minimum atomic E-state index is 0.227. The van der Waals surface area contributed by atoms with E-state index in [9.17, 15) is 0 Å². The summed E-state index contributed by atoms with van der Waals surface area (Å²) in [6.07, 6.45) is 2.24. The summed E-state index contributed by atoms with van der Waals surface area (Å²) in [5.74, 6) is 0.417. The van der Waals surface area contributed by atoms with E-state index in [0.717, 1.165) is 24.5 Å². The molecule has 2 aliphatic rings. The predicted molar refractivity (Wildman–Crippen MR) is 100.0 cm³/mol. The average Bonchev–Trinajstić information content (AvgIpc) is 3.22. The number of aryl methyl sites for hydroxylation is 1. The fraction of sp³-hybridized carbons (Fsp3) is 0.333. The maximum atomic E-state index is 5.60. The van der Waals surface area contributed by atoms with Crippen molar-refractivity contribution in [1.29, 1.82) is 0 Å². The van der Waals surface area contributed by atoms with Crippen LogP contribution in [0.4, 0.5) is 0 Å². The van der Waals surface area contributed by atoms with Gasteiger partial charge in [-0.1, -0.05) is 30.3 Å². The number of benzene rings is 1. The number of nitrogens with one attached hydrogen (secondary N) is 1. The number of fused-ring (bicyclic) bond motifs is 3. The van der Waals surface area contributed by atoms with Gasteiger partial charge in [-0.05, 0) is 49.0 Å². The Morgan fingerprint density at radius 3 is 3.00 bits per heavy atom. The summed E-state index contributed by atoms with van der Waals surface area (Å²) in [6, 6.07) is 13.2. The van der Waals surface area contributed by atoms with Crippen molar-refractivity contribution >= 4 is 34.4 Å². The molecule has 0 saturated carbocycles. The second-order valence-electron chi connectivity index (χ2n) is 5.93. The van der Waals surface area contributed by atoms with Crippen LogP contribution in [0.3, 0.4) is 0 Å². The highest BCUT2D eigenvalue weighted by Gasteiger charge is 2.43. The molecule has 1 N–H and O–H groups in total. The number of hydrogen-bond donors (Lipinski definition) is 1. The fourth-order valence-corrected chi connectivity index (χ4v) is 4.78. The first kappa shape index (κ1) is 14.8. The van der Waals surface area contributed by atoms with Gasteiger partial charge in [0, 0.05) is 22.9 Å². The summed E-state index contributed by atoms with van der Waals surface area (Å²) in [5, 5.41) is 13.1. The van der Waals surface area contributed by atoms with Gasteiger partial charge in [0.25, 0.3) is 0 Å². The molecular formula is C18H19N3S2. The van der Waals surface area contributed by atoms with Gasteiger partial charge in [0.2, 0.25) is 0 Å². The van der Waals surface area contributed by atoms with Crippen LogP contribution >= 0.6 is 23.6 Å². The molecule has 2 heterocycles. The van der Waals surface area contributed by atoms with Crippen LogP contribution in [-0.2, 0) is 6.42 Å². The zero-order chi connectivity index (χ0) is 15.8. The molecule has 1 aromatic carbocycles. The van der Waals surface area contributed by atoms with E-state index in [1.54, 1.807) is 11.3 Å². The van der Waals surface area contributed by atoms with E-state index >= 15 is 0 Å². The monoisotopic (exact) mass is 341 g/mol. The van der Waals surface area contributed by atoms with Gasteiger partial charge in [-0.25, -0.2) is 5.01 Å². The first-order valence-electron chi connectivity index (χ1n) is 8.07. The molecule has 118 valence electrons. The lowest BCUT2D eigenvalue weighted by atomic mass is 9.79. The molecule has 0 spiro atoms. The molecule has 2 aromatic rings. The Balaban J connectivity index is 1.78. The molecule has 1 aliphatic heterocycles. The van der Waals surface area contributed by atoms with Gasteiger partial charge < -0.3 is 5.32 Å². The lowest BCUT2D eigenvalue weighted by molar-refractivity contribution is 0.308.